The molecule has 1 aliphatic heterocycles. The lowest BCUT2D eigenvalue weighted by molar-refractivity contribution is -0.122. The van der Waals surface area contributed by atoms with E-state index in [0.717, 1.165) is 0 Å². The zero-order chi connectivity index (χ0) is 23.0. The van der Waals surface area contributed by atoms with E-state index in [1.807, 2.05) is 0 Å². The molecule has 32 heavy (non-hydrogen) atoms. The predicted octanol–water partition coefficient (Wildman–Crippen LogP) is 3.88. The second-order valence-electron chi connectivity index (χ2n) is 7.01. The number of rotatable bonds is 4. The van der Waals surface area contributed by atoms with Crippen molar-refractivity contribution in [2.45, 2.75) is 0 Å². The normalized spacial score (nSPS) is 15.3. The van der Waals surface area contributed by atoms with E-state index < -0.39 is 23.4 Å². The molecule has 160 valence electrons. The van der Waals surface area contributed by atoms with E-state index in [1.54, 1.807) is 41.9 Å². The van der Waals surface area contributed by atoms with Crippen molar-refractivity contribution >= 4 is 58.3 Å². The summed E-state index contributed by atoms with van der Waals surface area (Å²) in [6.45, 7) is 0. The number of halogens is 2. The van der Waals surface area contributed by atoms with Crippen molar-refractivity contribution in [1.82, 2.24) is 9.88 Å². The highest BCUT2D eigenvalue weighted by Crippen LogP contribution is 2.24. The second-order valence-corrected chi connectivity index (χ2v) is 7.83. The molecule has 9 heteroatoms. The lowest BCUT2D eigenvalue weighted by atomic mass is 10.0. The summed E-state index contributed by atoms with van der Waals surface area (Å²) in [7, 11) is 1.65. The number of carbonyl (C=O) groups excluding carboxylic acids is 3. The molecule has 1 aromatic heterocycles. The molecular weight excluding hydrogens is 453 g/mol. The molecule has 2 amide bonds. The molecule has 1 N–H and O–H groups in total. The molecule has 0 aliphatic carbocycles. The minimum atomic E-state index is -0.659. The monoisotopic (exact) mass is 467 g/mol. The number of aryl methyl sites for hydroxylation is 1. The standard InChI is InChI=1S/C23H15ClFN3O3S/c1-27-12-13(20(29)17-4-2-3-5-19(17)25)10-16(27)11-18-21(30)26-23(32)28(22(18)31)15-8-6-14(24)7-9-15/h2-12H,1H3,(H,26,30,32). The molecule has 0 spiro atoms. The summed E-state index contributed by atoms with van der Waals surface area (Å²) in [5.74, 6) is -2.42. The van der Waals surface area contributed by atoms with Gasteiger partial charge in [0.05, 0.1) is 11.3 Å². The van der Waals surface area contributed by atoms with Crippen LogP contribution in [0.15, 0.2) is 66.4 Å². The van der Waals surface area contributed by atoms with Crippen LogP contribution in [0.25, 0.3) is 6.08 Å². The van der Waals surface area contributed by atoms with Gasteiger partial charge in [0.2, 0.25) is 0 Å². The number of ketones is 1. The largest absolute Gasteiger partial charge is 0.350 e. The lowest BCUT2D eigenvalue weighted by Crippen LogP contribution is -2.54. The summed E-state index contributed by atoms with van der Waals surface area (Å²) in [6, 6.07) is 13.6. The highest BCUT2D eigenvalue weighted by atomic mass is 35.5. The van der Waals surface area contributed by atoms with Crippen LogP contribution in [-0.2, 0) is 16.6 Å². The Kier molecular flexibility index (Phi) is 5.73. The van der Waals surface area contributed by atoms with Gasteiger partial charge < -0.3 is 4.57 Å². The molecule has 0 radical (unpaired) electrons. The van der Waals surface area contributed by atoms with Crippen LogP contribution in [0.1, 0.15) is 21.6 Å². The van der Waals surface area contributed by atoms with Gasteiger partial charge in [-0.15, -0.1) is 0 Å². The van der Waals surface area contributed by atoms with Crippen molar-refractivity contribution in [1.29, 1.82) is 0 Å². The summed E-state index contributed by atoms with van der Waals surface area (Å²) >= 11 is 11.1. The third kappa shape index (κ3) is 3.98. The average Bonchev–Trinajstić information content (AvgIpc) is 3.12. The van der Waals surface area contributed by atoms with Gasteiger partial charge >= 0.3 is 0 Å². The van der Waals surface area contributed by atoms with Crippen molar-refractivity contribution in [3.8, 4) is 0 Å². The number of anilines is 1. The predicted molar refractivity (Wildman–Crippen MR) is 123 cm³/mol. The number of carbonyl (C=O) groups is 3. The fraction of sp³-hybridized carbons (Fsp3) is 0.0435. The average molecular weight is 468 g/mol. The second kappa shape index (κ2) is 8.49. The number of hydrogen-bond donors (Lipinski definition) is 1. The van der Waals surface area contributed by atoms with Gasteiger partial charge in [-0.25, -0.2) is 4.39 Å². The van der Waals surface area contributed by atoms with Crippen LogP contribution in [0.3, 0.4) is 0 Å². The molecule has 0 bridgehead atoms. The van der Waals surface area contributed by atoms with Crippen LogP contribution in [0, 0.1) is 5.82 Å². The van der Waals surface area contributed by atoms with Crippen LogP contribution in [-0.4, -0.2) is 27.3 Å². The molecule has 1 saturated heterocycles. The fourth-order valence-corrected chi connectivity index (χ4v) is 3.69. The summed E-state index contributed by atoms with van der Waals surface area (Å²) in [5.41, 5.74) is 0.838. The number of nitrogens with one attached hydrogen (secondary N) is 1. The smallest absolute Gasteiger partial charge is 0.270 e. The molecule has 1 aliphatic rings. The SMILES string of the molecule is Cn1cc(C(=O)c2ccccc2F)cc1C=C1C(=O)NC(=S)N(c2ccc(Cl)cc2)C1=O. The lowest BCUT2D eigenvalue weighted by Gasteiger charge is -2.28. The topological polar surface area (TPSA) is 71.4 Å². The summed E-state index contributed by atoms with van der Waals surface area (Å²) < 4.78 is 15.6. The van der Waals surface area contributed by atoms with Gasteiger partial charge in [0.25, 0.3) is 11.8 Å². The number of aromatic nitrogens is 1. The first-order valence-electron chi connectivity index (χ1n) is 9.39. The van der Waals surface area contributed by atoms with Crippen LogP contribution in [0.4, 0.5) is 10.1 Å². The third-order valence-corrected chi connectivity index (χ3v) is 5.44. The van der Waals surface area contributed by atoms with Crippen molar-refractivity contribution in [2.75, 3.05) is 4.90 Å². The molecule has 2 aromatic carbocycles. The van der Waals surface area contributed by atoms with Crippen LogP contribution < -0.4 is 10.2 Å². The Morgan fingerprint density at radius 2 is 1.81 bits per heavy atom. The molecule has 0 unspecified atom stereocenters. The van der Waals surface area contributed by atoms with Crippen molar-refractivity contribution in [2.24, 2.45) is 7.05 Å². The molecule has 2 heterocycles. The van der Waals surface area contributed by atoms with Gasteiger partial charge in [-0.05, 0) is 60.8 Å². The van der Waals surface area contributed by atoms with Gasteiger partial charge in [0, 0.05) is 29.5 Å². The summed E-state index contributed by atoms with van der Waals surface area (Å²) in [4.78, 5) is 39.5. The summed E-state index contributed by atoms with van der Waals surface area (Å²) in [5, 5.41) is 2.93. The first-order valence-corrected chi connectivity index (χ1v) is 10.2. The minimum absolute atomic E-state index is 0.0539. The zero-order valence-corrected chi connectivity index (χ0v) is 18.2. The first kappa shape index (κ1) is 21.6. The van der Waals surface area contributed by atoms with Crippen LogP contribution >= 0.6 is 23.8 Å². The number of amides is 2. The van der Waals surface area contributed by atoms with Gasteiger partial charge in [-0.3, -0.25) is 24.6 Å². The van der Waals surface area contributed by atoms with E-state index in [-0.39, 0.29) is 21.8 Å². The Labute approximate surface area is 192 Å². The fourth-order valence-electron chi connectivity index (χ4n) is 3.28. The van der Waals surface area contributed by atoms with E-state index in [1.165, 1.54) is 41.4 Å². The maximum absolute atomic E-state index is 14.0. The number of thiocarbonyl (C=S) groups is 1. The molecular formula is C23H15ClFN3O3S. The van der Waals surface area contributed by atoms with Crippen molar-refractivity contribution in [3.05, 3.63) is 94.0 Å². The molecule has 0 saturated carbocycles. The number of benzene rings is 2. The van der Waals surface area contributed by atoms with Crippen LogP contribution in [0.2, 0.25) is 5.02 Å². The number of hydrogen-bond acceptors (Lipinski definition) is 4. The molecule has 0 atom stereocenters. The summed E-state index contributed by atoms with van der Waals surface area (Å²) in [6.07, 6.45) is 2.87. The minimum Gasteiger partial charge on any atom is -0.350 e. The van der Waals surface area contributed by atoms with Gasteiger partial charge in [-0.1, -0.05) is 23.7 Å². The Hall–Kier alpha value is -3.62. The molecule has 3 aromatic rings. The van der Waals surface area contributed by atoms with E-state index in [4.69, 9.17) is 23.8 Å². The highest BCUT2D eigenvalue weighted by Gasteiger charge is 2.34. The maximum Gasteiger partial charge on any atom is 0.270 e. The Morgan fingerprint density at radius 1 is 1.12 bits per heavy atom. The van der Waals surface area contributed by atoms with E-state index >= 15 is 0 Å². The Balaban J connectivity index is 1.70. The van der Waals surface area contributed by atoms with E-state index in [9.17, 15) is 18.8 Å². The Morgan fingerprint density at radius 3 is 2.50 bits per heavy atom. The van der Waals surface area contributed by atoms with Gasteiger partial charge in [-0.2, -0.15) is 0 Å². The van der Waals surface area contributed by atoms with Crippen LogP contribution in [0.5, 0.6) is 0 Å². The maximum atomic E-state index is 14.0. The van der Waals surface area contributed by atoms with Crippen molar-refractivity contribution < 1.29 is 18.8 Å². The number of nitrogens with zero attached hydrogens (tertiary/aromatic N) is 2. The Bertz CT molecular complexity index is 1310. The third-order valence-electron chi connectivity index (χ3n) is 4.90. The first-order chi connectivity index (χ1) is 15.3. The van der Waals surface area contributed by atoms with Gasteiger partial charge in [0.1, 0.15) is 11.4 Å². The zero-order valence-electron chi connectivity index (χ0n) is 16.6. The van der Waals surface area contributed by atoms with Gasteiger partial charge in [0.15, 0.2) is 10.9 Å². The molecule has 6 nitrogen and oxygen atoms in total. The molecule has 1 fully saturated rings. The van der Waals surface area contributed by atoms with Crippen molar-refractivity contribution in [3.63, 3.8) is 0 Å². The van der Waals surface area contributed by atoms with E-state index in [0.29, 0.717) is 16.4 Å². The molecule has 4 rings (SSSR count). The van der Waals surface area contributed by atoms with E-state index in [2.05, 4.69) is 5.32 Å². The highest BCUT2D eigenvalue weighted by molar-refractivity contribution is 7.80. The quantitative estimate of drug-likeness (QED) is 0.273.